The Morgan fingerprint density at radius 2 is 1.91 bits per heavy atom. The van der Waals surface area contributed by atoms with Crippen LogP contribution in [0, 0.1) is 5.92 Å². The maximum absolute atomic E-state index is 13.3. The zero-order chi connectivity index (χ0) is 22.8. The number of fused-ring (bicyclic) bond motifs is 1. The fourth-order valence-electron chi connectivity index (χ4n) is 4.52. The van der Waals surface area contributed by atoms with Gasteiger partial charge in [0.15, 0.2) is 5.13 Å². The minimum Gasteiger partial charge on any atom is -0.300 e. The molecular formula is C24H30N4O3S. The first kappa shape index (κ1) is 22.6. The highest BCUT2D eigenvalue weighted by molar-refractivity contribution is 7.15. The Labute approximate surface area is 192 Å². The number of amides is 3. The normalized spacial score (nSPS) is 20.8. The molecule has 0 saturated carbocycles. The molecule has 1 saturated heterocycles. The van der Waals surface area contributed by atoms with Gasteiger partial charge in [0.05, 0.1) is 11.1 Å². The molecule has 3 atom stereocenters. The number of thiazole rings is 1. The number of hydrogen-bond donors (Lipinski definition) is 1. The smallest absolute Gasteiger partial charge is 0.262 e. The molecule has 32 heavy (non-hydrogen) atoms. The van der Waals surface area contributed by atoms with E-state index >= 15 is 0 Å². The van der Waals surface area contributed by atoms with E-state index in [1.807, 2.05) is 20.0 Å². The number of imide groups is 1. The van der Waals surface area contributed by atoms with Crippen molar-refractivity contribution in [2.24, 2.45) is 5.92 Å². The Morgan fingerprint density at radius 3 is 2.53 bits per heavy atom. The first-order valence-electron chi connectivity index (χ1n) is 11.4. The summed E-state index contributed by atoms with van der Waals surface area (Å²) in [5.41, 5.74) is 0.705. The summed E-state index contributed by atoms with van der Waals surface area (Å²) < 4.78 is 0. The summed E-state index contributed by atoms with van der Waals surface area (Å²) in [6.45, 7) is 7.99. The lowest BCUT2D eigenvalue weighted by molar-refractivity contribution is -0.121. The van der Waals surface area contributed by atoms with E-state index in [1.54, 1.807) is 24.3 Å². The second-order valence-corrected chi connectivity index (χ2v) is 9.91. The van der Waals surface area contributed by atoms with E-state index < -0.39 is 17.9 Å². The Kier molecular flexibility index (Phi) is 6.71. The molecule has 4 rings (SSSR count). The van der Waals surface area contributed by atoms with Crippen molar-refractivity contribution in [3.05, 3.63) is 46.5 Å². The van der Waals surface area contributed by atoms with Gasteiger partial charge in [-0.05, 0) is 44.4 Å². The van der Waals surface area contributed by atoms with Crippen LogP contribution < -0.4 is 5.32 Å². The molecule has 2 aliphatic heterocycles. The summed E-state index contributed by atoms with van der Waals surface area (Å²) in [4.78, 5) is 48.3. The van der Waals surface area contributed by atoms with Crippen LogP contribution in [0.25, 0.3) is 0 Å². The van der Waals surface area contributed by atoms with E-state index in [-0.39, 0.29) is 11.8 Å². The summed E-state index contributed by atoms with van der Waals surface area (Å²) in [6, 6.07) is 6.39. The predicted octanol–water partition coefficient (Wildman–Crippen LogP) is 4.17. The minimum atomic E-state index is -0.887. The lowest BCUT2D eigenvalue weighted by Gasteiger charge is -2.32. The molecule has 0 aliphatic carbocycles. The molecule has 3 amide bonds. The number of piperidine rings is 1. The van der Waals surface area contributed by atoms with Gasteiger partial charge in [-0.15, -0.1) is 11.3 Å². The van der Waals surface area contributed by atoms with E-state index in [2.05, 4.69) is 22.1 Å². The molecule has 0 radical (unpaired) electrons. The highest BCUT2D eigenvalue weighted by Crippen LogP contribution is 2.30. The summed E-state index contributed by atoms with van der Waals surface area (Å²) in [5, 5.41) is 3.37. The quantitative estimate of drug-likeness (QED) is 0.635. The molecule has 3 unspecified atom stereocenters. The lowest BCUT2D eigenvalue weighted by atomic mass is 9.96. The molecule has 1 fully saturated rings. The van der Waals surface area contributed by atoms with Crippen LogP contribution in [0.3, 0.4) is 0 Å². The standard InChI is InChI=1S/C24H30N4O3S/c1-4-15(2)20(28-22(30)18-10-5-6-11-19(18)23(28)31)21(29)26-24-25-13-17(32-24)14-27-12-8-7-9-16(27)3/h5-6,10-11,13,15-16,20H,4,7-9,12,14H2,1-3H3,(H,25,26,29). The van der Waals surface area contributed by atoms with Gasteiger partial charge < -0.3 is 5.32 Å². The van der Waals surface area contributed by atoms with Crippen LogP contribution in [0.5, 0.6) is 0 Å². The van der Waals surface area contributed by atoms with Crippen LogP contribution in [-0.4, -0.2) is 51.1 Å². The Morgan fingerprint density at radius 1 is 1.22 bits per heavy atom. The molecule has 1 N–H and O–H groups in total. The molecule has 8 heteroatoms. The highest BCUT2D eigenvalue weighted by Gasteiger charge is 2.44. The Hall–Kier alpha value is -2.58. The number of carbonyl (C=O) groups excluding carboxylic acids is 3. The monoisotopic (exact) mass is 454 g/mol. The zero-order valence-electron chi connectivity index (χ0n) is 18.8. The Balaban J connectivity index is 1.50. The van der Waals surface area contributed by atoms with Crippen LogP contribution in [0.2, 0.25) is 0 Å². The van der Waals surface area contributed by atoms with Gasteiger partial charge in [0, 0.05) is 23.7 Å². The molecular weight excluding hydrogens is 424 g/mol. The van der Waals surface area contributed by atoms with E-state index in [4.69, 9.17) is 0 Å². The second kappa shape index (κ2) is 9.50. The van der Waals surface area contributed by atoms with Gasteiger partial charge in [0.25, 0.3) is 11.8 Å². The summed E-state index contributed by atoms with van der Waals surface area (Å²) in [7, 11) is 0. The van der Waals surface area contributed by atoms with Gasteiger partial charge >= 0.3 is 0 Å². The third-order valence-electron chi connectivity index (χ3n) is 6.64. The summed E-state index contributed by atoms with van der Waals surface area (Å²) in [5.74, 6) is -1.39. The van der Waals surface area contributed by atoms with E-state index in [0.29, 0.717) is 28.7 Å². The van der Waals surface area contributed by atoms with Crippen LogP contribution >= 0.6 is 11.3 Å². The molecule has 170 valence electrons. The number of anilines is 1. The van der Waals surface area contributed by atoms with Crippen LogP contribution in [0.15, 0.2) is 30.5 Å². The van der Waals surface area contributed by atoms with Gasteiger partial charge in [0.2, 0.25) is 5.91 Å². The average Bonchev–Trinajstić information content (AvgIpc) is 3.33. The summed E-state index contributed by atoms with van der Waals surface area (Å²) in [6.07, 6.45) is 6.16. The van der Waals surface area contributed by atoms with Crippen molar-refractivity contribution >= 4 is 34.2 Å². The van der Waals surface area contributed by atoms with Crippen molar-refractivity contribution in [1.29, 1.82) is 0 Å². The first-order valence-corrected chi connectivity index (χ1v) is 12.2. The van der Waals surface area contributed by atoms with Gasteiger partial charge in [-0.3, -0.25) is 24.2 Å². The maximum Gasteiger partial charge on any atom is 0.262 e. The molecule has 3 heterocycles. The second-order valence-electron chi connectivity index (χ2n) is 8.79. The lowest BCUT2D eigenvalue weighted by Crippen LogP contribution is -2.50. The third-order valence-corrected chi connectivity index (χ3v) is 7.54. The average molecular weight is 455 g/mol. The molecule has 0 bridgehead atoms. The number of benzene rings is 1. The van der Waals surface area contributed by atoms with Gasteiger partial charge in [-0.25, -0.2) is 4.98 Å². The number of carbonyl (C=O) groups is 3. The number of aromatic nitrogens is 1. The number of nitrogens with zero attached hydrogens (tertiary/aromatic N) is 3. The van der Waals surface area contributed by atoms with Crippen molar-refractivity contribution < 1.29 is 14.4 Å². The van der Waals surface area contributed by atoms with Crippen molar-refractivity contribution in [2.75, 3.05) is 11.9 Å². The fraction of sp³-hybridized carbons (Fsp3) is 0.500. The van der Waals surface area contributed by atoms with Gasteiger partial charge in [0.1, 0.15) is 6.04 Å². The van der Waals surface area contributed by atoms with E-state index in [1.165, 1.54) is 30.6 Å². The van der Waals surface area contributed by atoms with E-state index in [9.17, 15) is 14.4 Å². The van der Waals surface area contributed by atoms with Crippen LogP contribution in [0.4, 0.5) is 5.13 Å². The molecule has 1 aromatic heterocycles. The van der Waals surface area contributed by atoms with Crippen molar-refractivity contribution in [3.8, 4) is 0 Å². The van der Waals surface area contributed by atoms with Crippen molar-refractivity contribution in [2.45, 2.75) is 65.1 Å². The topological polar surface area (TPSA) is 82.6 Å². The summed E-state index contributed by atoms with van der Waals surface area (Å²) >= 11 is 1.45. The third kappa shape index (κ3) is 4.34. The van der Waals surface area contributed by atoms with Crippen molar-refractivity contribution in [3.63, 3.8) is 0 Å². The number of rotatable bonds is 7. The van der Waals surface area contributed by atoms with E-state index in [0.717, 1.165) is 22.9 Å². The number of hydrogen-bond acceptors (Lipinski definition) is 6. The largest absolute Gasteiger partial charge is 0.300 e. The predicted molar refractivity (Wildman–Crippen MR) is 125 cm³/mol. The first-order chi connectivity index (χ1) is 15.4. The molecule has 1 aromatic carbocycles. The maximum atomic E-state index is 13.3. The van der Waals surface area contributed by atoms with Crippen LogP contribution in [-0.2, 0) is 11.3 Å². The molecule has 7 nitrogen and oxygen atoms in total. The van der Waals surface area contributed by atoms with Crippen molar-refractivity contribution in [1.82, 2.24) is 14.8 Å². The SMILES string of the molecule is CCC(C)C(C(=O)Nc1ncc(CN2CCCCC2C)s1)N1C(=O)c2ccccc2C1=O. The number of nitrogens with one attached hydrogen (secondary N) is 1. The highest BCUT2D eigenvalue weighted by atomic mass is 32.1. The fourth-order valence-corrected chi connectivity index (χ4v) is 5.37. The Bertz CT molecular complexity index is 985. The molecule has 0 spiro atoms. The zero-order valence-corrected chi connectivity index (χ0v) is 19.7. The van der Waals surface area contributed by atoms with Gasteiger partial charge in [-0.2, -0.15) is 0 Å². The molecule has 2 aliphatic rings. The minimum absolute atomic E-state index is 0.189. The molecule has 2 aromatic rings. The number of likely N-dealkylation sites (tertiary alicyclic amines) is 1. The van der Waals surface area contributed by atoms with Gasteiger partial charge in [-0.1, -0.05) is 38.8 Å². The van der Waals surface area contributed by atoms with Crippen LogP contribution in [0.1, 0.15) is 72.0 Å².